The van der Waals surface area contributed by atoms with Gasteiger partial charge in [0, 0.05) is 5.72 Å². The number of hydrogen-bond donors (Lipinski definition) is 0. The summed E-state index contributed by atoms with van der Waals surface area (Å²) in [5.74, 6) is 0. The minimum absolute atomic E-state index is 0.221. The summed E-state index contributed by atoms with van der Waals surface area (Å²) in [5, 5.41) is 2.43. The summed E-state index contributed by atoms with van der Waals surface area (Å²) in [6.45, 7) is 16.6. The summed E-state index contributed by atoms with van der Waals surface area (Å²) < 4.78 is 25.7. The number of hydrogen-bond acceptors (Lipinski definition) is 4. The lowest BCUT2D eigenvalue weighted by atomic mass is 9.51. The van der Waals surface area contributed by atoms with Crippen LogP contribution in [0.25, 0.3) is 16.8 Å². The second-order valence-corrected chi connectivity index (χ2v) is 10.8. The molecule has 0 radical (unpaired) electrons. The molecule has 2 heterocycles. The standard InChI is InChI=1S/C25H34B2O4/c1-22(2)23(3,4)29-26(28-22)21(27-30-24(5,6)25(7,8)31-27)17-16-19-14-11-13-18-12-9-10-15-20(18)19/h9-17,21H,1-8H3/b17-16+. The number of benzene rings is 2. The van der Waals surface area contributed by atoms with E-state index >= 15 is 0 Å². The van der Waals surface area contributed by atoms with Crippen molar-refractivity contribution in [3.63, 3.8) is 0 Å². The normalized spacial score (nSPS) is 24.0. The van der Waals surface area contributed by atoms with E-state index in [0.717, 1.165) is 5.56 Å². The zero-order valence-corrected chi connectivity index (χ0v) is 20.1. The van der Waals surface area contributed by atoms with Crippen molar-refractivity contribution < 1.29 is 18.6 Å². The highest BCUT2D eigenvalue weighted by molar-refractivity contribution is 6.69. The molecule has 31 heavy (non-hydrogen) atoms. The van der Waals surface area contributed by atoms with Gasteiger partial charge in [-0.05, 0) is 71.7 Å². The van der Waals surface area contributed by atoms with Gasteiger partial charge in [0.2, 0.25) is 0 Å². The van der Waals surface area contributed by atoms with Crippen LogP contribution in [0.5, 0.6) is 0 Å². The molecule has 2 saturated heterocycles. The Morgan fingerprint density at radius 2 is 1.10 bits per heavy atom. The SMILES string of the molecule is CC1(C)OB(C(/C=C/c2cccc3ccccc23)B2OC(C)(C)C(C)(C)O2)OC1(C)C. The van der Waals surface area contributed by atoms with Crippen LogP contribution in [0.4, 0.5) is 0 Å². The monoisotopic (exact) mass is 420 g/mol. The van der Waals surface area contributed by atoms with Crippen molar-refractivity contribution in [2.45, 2.75) is 83.5 Å². The van der Waals surface area contributed by atoms with Gasteiger partial charge in [0.05, 0.1) is 22.4 Å². The molecular weight excluding hydrogens is 386 g/mol. The molecule has 0 saturated carbocycles. The Morgan fingerprint density at radius 1 is 0.645 bits per heavy atom. The lowest BCUT2D eigenvalue weighted by Crippen LogP contribution is -2.41. The van der Waals surface area contributed by atoms with Crippen molar-refractivity contribution in [3.05, 3.63) is 54.1 Å². The van der Waals surface area contributed by atoms with E-state index in [4.69, 9.17) is 18.6 Å². The van der Waals surface area contributed by atoms with E-state index in [-0.39, 0.29) is 5.72 Å². The fraction of sp³-hybridized carbons (Fsp3) is 0.520. The minimum atomic E-state index is -0.467. The van der Waals surface area contributed by atoms with Crippen molar-refractivity contribution in [2.75, 3.05) is 0 Å². The number of allylic oxidation sites excluding steroid dienone is 1. The second kappa shape index (κ2) is 7.48. The van der Waals surface area contributed by atoms with Crippen molar-refractivity contribution in [2.24, 2.45) is 0 Å². The van der Waals surface area contributed by atoms with E-state index in [2.05, 4.69) is 110 Å². The molecule has 0 aliphatic carbocycles. The molecule has 4 nitrogen and oxygen atoms in total. The van der Waals surface area contributed by atoms with Gasteiger partial charge in [-0.15, -0.1) is 0 Å². The molecule has 0 aromatic heterocycles. The van der Waals surface area contributed by atoms with Gasteiger partial charge in [0.1, 0.15) is 0 Å². The van der Waals surface area contributed by atoms with E-state index in [0.29, 0.717) is 0 Å². The predicted molar refractivity (Wildman–Crippen MR) is 129 cm³/mol. The van der Waals surface area contributed by atoms with Crippen LogP contribution in [0.2, 0.25) is 5.72 Å². The van der Waals surface area contributed by atoms with Crippen molar-refractivity contribution in [1.82, 2.24) is 0 Å². The first-order valence-electron chi connectivity index (χ1n) is 11.2. The van der Waals surface area contributed by atoms with Crippen molar-refractivity contribution in [3.8, 4) is 0 Å². The molecule has 4 rings (SSSR count). The molecule has 2 fully saturated rings. The Bertz CT molecular complexity index is 923. The fourth-order valence-corrected chi connectivity index (χ4v) is 4.01. The zero-order valence-electron chi connectivity index (χ0n) is 20.1. The minimum Gasteiger partial charge on any atom is -0.403 e. The largest absolute Gasteiger partial charge is 0.462 e. The summed E-state index contributed by atoms with van der Waals surface area (Å²) in [6, 6.07) is 14.8. The highest BCUT2D eigenvalue weighted by atomic mass is 16.7. The predicted octanol–water partition coefficient (Wildman–Crippen LogP) is 5.95. The lowest BCUT2D eigenvalue weighted by molar-refractivity contribution is 0.00578. The Balaban J connectivity index is 1.70. The van der Waals surface area contributed by atoms with E-state index < -0.39 is 36.6 Å². The average molecular weight is 420 g/mol. The Hall–Kier alpha value is -1.59. The van der Waals surface area contributed by atoms with Gasteiger partial charge in [-0.1, -0.05) is 54.6 Å². The van der Waals surface area contributed by atoms with E-state index in [1.54, 1.807) is 0 Å². The van der Waals surface area contributed by atoms with E-state index in [1.807, 2.05) is 0 Å². The summed E-state index contributed by atoms with van der Waals surface area (Å²) in [5.41, 5.74) is -0.767. The van der Waals surface area contributed by atoms with Crippen LogP contribution in [-0.4, -0.2) is 36.6 Å². The first kappa shape index (κ1) is 22.6. The second-order valence-electron chi connectivity index (χ2n) is 10.8. The van der Waals surface area contributed by atoms with Crippen LogP contribution in [0.1, 0.15) is 61.0 Å². The van der Waals surface area contributed by atoms with E-state index in [1.165, 1.54) is 10.8 Å². The zero-order chi connectivity index (χ0) is 22.7. The maximum absolute atomic E-state index is 6.42. The third kappa shape index (κ3) is 4.00. The number of fused-ring (bicyclic) bond motifs is 1. The number of rotatable bonds is 4. The average Bonchev–Trinajstić information content (AvgIpc) is 3.01. The first-order valence-corrected chi connectivity index (χ1v) is 11.2. The molecule has 2 aliphatic rings. The van der Waals surface area contributed by atoms with Gasteiger partial charge >= 0.3 is 14.2 Å². The van der Waals surface area contributed by atoms with Gasteiger partial charge in [0.25, 0.3) is 0 Å². The first-order chi connectivity index (χ1) is 14.3. The van der Waals surface area contributed by atoms with Crippen LogP contribution >= 0.6 is 0 Å². The van der Waals surface area contributed by atoms with Gasteiger partial charge in [-0.25, -0.2) is 0 Å². The van der Waals surface area contributed by atoms with Crippen LogP contribution in [0.3, 0.4) is 0 Å². The maximum Gasteiger partial charge on any atom is 0.462 e. The molecule has 0 spiro atoms. The lowest BCUT2D eigenvalue weighted by Gasteiger charge is -2.32. The van der Waals surface area contributed by atoms with Crippen LogP contribution in [0, 0.1) is 0 Å². The third-order valence-corrected chi connectivity index (χ3v) is 7.49. The summed E-state index contributed by atoms with van der Waals surface area (Å²) >= 11 is 0. The molecule has 0 amide bonds. The molecule has 0 bridgehead atoms. The molecule has 0 atom stereocenters. The summed E-state index contributed by atoms with van der Waals surface area (Å²) in [4.78, 5) is 0. The van der Waals surface area contributed by atoms with Crippen LogP contribution < -0.4 is 0 Å². The molecule has 0 N–H and O–H groups in total. The van der Waals surface area contributed by atoms with Gasteiger partial charge in [0.15, 0.2) is 0 Å². The molecule has 2 aromatic carbocycles. The van der Waals surface area contributed by atoms with E-state index in [9.17, 15) is 0 Å². The molecular formula is C25H34B2O4. The molecule has 2 aliphatic heterocycles. The molecule has 6 heteroatoms. The van der Waals surface area contributed by atoms with Gasteiger partial charge in [-0.2, -0.15) is 0 Å². The maximum atomic E-state index is 6.42. The van der Waals surface area contributed by atoms with Crippen LogP contribution in [-0.2, 0) is 18.6 Å². The highest BCUT2D eigenvalue weighted by Gasteiger charge is 2.61. The van der Waals surface area contributed by atoms with Gasteiger partial charge < -0.3 is 18.6 Å². The topological polar surface area (TPSA) is 36.9 Å². The van der Waals surface area contributed by atoms with Gasteiger partial charge in [-0.3, -0.25) is 0 Å². The van der Waals surface area contributed by atoms with Crippen molar-refractivity contribution >= 4 is 31.1 Å². The highest BCUT2D eigenvalue weighted by Crippen LogP contribution is 2.46. The smallest absolute Gasteiger partial charge is 0.403 e. The van der Waals surface area contributed by atoms with Crippen LogP contribution in [0.15, 0.2) is 48.5 Å². The summed E-state index contributed by atoms with van der Waals surface area (Å²) in [7, 11) is -0.933. The third-order valence-electron chi connectivity index (χ3n) is 7.49. The quantitative estimate of drug-likeness (QED) is 0.574. The van der Waals surface area contributed by atoms with Crippen molar-refractivity contribution in [1.29, 1.82) is 0 Å². The Kier molecular flexibility index (Phi) is 5.45. The fourth-order valence-electron chi connectivity index (χ4n) is 4.01. The Labute approximate surface area is 187 Å². The molecule has 0 unspecified atom stereocenters. The summed E-state index contributed by atoms with van der Waals surface area (Å²) in [6.07, 6.45) is 4.27. The molecule has 2 aromatic rings. The Morgan fingerprint density at radius 3 is 1.61 bits per heavy atom. The molecule has 164 valence electrons.